The number of nitrogens with zero attached hydrogens (tertiary/aromatic N) is 2. The first-order valence-corrected chi connectivity index (χ1v) is 10.1. The lowest BCUT2D eigenvalue weighted by Crippen LogP contribution is -2.03. The van der Waals surface area contributed by atoms with Crippen molar-refractivity contribution in [1.29, 1.82) is 5.26 Å². The SMILES string of the molecule is CCn1c(/C=C2/C(=O)c3ccc(C)cc3C2=O)cc2oc(-c3ccc(C#N)cc3)cc21. The van der Waals surface area contributed by atoms with E-state index in [1.165, 1.54) is 0 Å². The van der Waals surface area contributed by atoms with Gasteiger partial charge in [0.1, 0.15) is 5.76 Å². The number of hydrogen-bond donors (Lipinski definition) is 0. The van der Waals surface area contributed by atoms with Gasteiger partial charge in [-0.15, -0.1) is 0 Å². The highest BCUT2D eigenvalue weighted by molar-refractivity contribution is 6.41. The average Bonchev–Trinajstić information content (AvgIpc) is 3.40. The van der Waals surface area contributed by atoms with Gasteiger partial charge in [-0.3, -0.25) is 9.59 Å². The minimum Gasteiger partial charge on any atom is -0.454 e. The van der Waals surface area contributed by atoms with E-state index in [4.69, 9.17) is 9.68 Å². The number of carbonyl (C=O) groups excluding carboxylic acids is 2. The summed E-state index contributed by atoms with van der Waals surface area (Å²) in [7, 11) is 0. The number of ketones is 2. The normalized spacial score (nSPS) is 14.4. The Balaban J connectivity index is 1.57. The van der Waals surface area contributed by atoms with Crippen LogP contribution in [0.5, 0.6) is 0 Å². The van der Waals surface area contributed by atoms with Gasteiger partial charge in [0, 0.05) is 41.1 Å². The molecule has 0 N–H and O–H groups in total. The minimum absolute atomic E-state index is 0.183. The summed E-state index contributed by atoms with van der Waals surface area (Å²) < 4.78 is 8.07. The number of allylic oxidation sites excluding steroid dienone is 1. The highest BCUT2D eigenvalue weighted by Crippen LogP contribution is 2.33. The van der Waals surface area contributed by atoms with E-state index in [2.05, 4.69) is 6.07 Å². The molecule has 0 unspecified atom stereocenters. The largest absolute Gasteiger partial charge is 0.454 e. The van der Waals surface area contributed by atoms with Crippen LogP contribution >= 0.6 is 0 Å². The first-order chi connectivity index (χ1) is 15.0. The lowest BCUT2D eigenvalue weighted by molar-refractivity contribution is 0.0990. The van der Waals surface area contributed by atoms with Crippen molar-refractivity contribution in [2.24, 2.45) is 0 Å². The molecular formula is C26H18N2O3. The highest BCUT2D eigenvalue weighted by Gasteiger charge is 2.33. The number of aryl methyl sites for hydroxylation is 2. The van der Waals surface area contributed by atoms with E-state index in [0.29, 0.717) is 34.6 Å². The van der Waals surface area contributed by atoms with Gasteiger partial charge in [-0.1, -0.05) is 17.7 Å². The molecular weight excluding hydrogens is 388 g/mol. The van der Waals surface area contributed by atoms with E-state index in [-0.39, 0.29) is 17.1 Å². The van der Waals surface area contributed by atoms with Crippen molar-refractivity contribution in [1.82, 2.24) is 4.57 Å². The third-order valence-electron chi connectivity index (χ3n) is 5.68. The molecule has 2 aromatic carbocycles. The molecule has 0 bridgehead atoms. The Morgan fingerprint density at radius 1 is 1.00 bits per heavy atom. The number of carbonyl (C=O) groups is 2. The zero-order valence-corrected chi connectivity index (χ0v) is 17.1. The lowest BCUT2D eigenvalue weighted by Gasteiger charge is -2.04. The van der Waals surface area contributed by atoms with Crippen molar-refractivity contribution in [2.75, 3.05) is 0 Å². The van der Waals surface area contributed by atoms with E-state index < -0.39 is 0 Å². The molecule has 5 nitrogen and oxygen atoms in total. The second kappa shape index (κ2) is 6.96. The topological polar surface area (TPSA) is 76.0 Å². The van der Waals surface area contributed by atoms with Gasteiger partial charge < -0.3 is 8.98 Å². The van der Waals surface area contributed by atoms with E-state index in [9.17, 15) is 9.59 Å². The molecule has 0 radical (unpaired) electrons. The number of Topliss-reactive ketones (excluding diaryl/α,β-unsaturated/α-hetero) is 2. The zero-order valence-electron chi connectivity index (χ0n) is 17.1. The summed E-state index contributed by atoms with van der Waals surface area (Å²) in [6.45, 7) is 4.57. The fourth-order valence-corrected chi connectivity index (χ4v) is 4.10. The third kappa shape index (κ3) is 2.92. The number of hydrogen-bond acceptors (Lipinski definition) is 4. The van der Waals surface area contributed by atoms with Crippen LogP contribution in [0.15, 0.2) is 64.6 Å². The van der Waals surface area contributed by atoms with Gasteiger partial charge in [-0.25, -0.2) is 0 Å². The molecule has 0 fully saturated rings. The number of furan rings is 1. The average molecular weight is 406 g/mol. The Morgan fingerprint density at radius 3 is 2.45 bits per heavy atom. The monoisotopic (exact) mass is 406 g/mol. The molecule has 0 saturated carbocycles. The molecule has 0 saturated heterocycles. The smallest absolute Gasteiger partial charge is 0.197 e. The second-order valence-corrected chi connectivity index (χ2v) is 7.63. The summed E-state index contributed by atoms with van der Waals surface area (Å²) >= 11 is 0. The predicted molar refractivity (Wildman–Crippen MR) is 118 cm³/mol. The van der Waals surface area contributed by atoms with Crippen molar-refractivity contribution in [3.63, 3.8) is 0 Å². The molecule has 0 aliphatic heterocycles. The fourth-order valence-electron chi connectivity index (χ4n) is 4.10. The molecule has 31 heavy (non-hydrogen) atoms. The number of benzene rings is 2. The molecule has 4 aromatic rings. The highest BCUT2D eigenvalue weighted by atomic mass is 16.3. The molecule has 1 aliphatic carbocycles. The van der Waals surface area contributed by atoms with Crippen LogP contribution in [-0.4, -0.2) is 16.1 Å². The summed E-state index contributed by atoms with van der Waals surface area (Å²) in [5.41, 5.74) is 5.86. The Hall–Kier alpha value is -4.17. The number of nitriles is 1. The molecule has 5 rings (SSSR count). The first-order valence-electron chi connectivity index (χ1n) is 10.1. The molecule has 5 heteroatoms. The van der Waals surface area contributed by atoms with Crippen LogP contribution < -0.4 is 0 Å². The lowest BCUT2D eigenvalue weighted by atomic mass is 10.1. The van der Waals surface area contributed by atoms with Crippen LogP contribution in [0.25, 0.3) is 28.5 Å². The Kier molecular flexibility index (Phi) is 4.23. The molecule has 0 spiro atoms. The third-order valence-corrected chi connectivity index (χ3v) is 5.68. The molecule has 0 atom stereocenters. The quantitative estimate of drug-likeness (QED) is 0.329. The Bertz CT molecular complexity index is 1460. The number of aromatic nitrogens is 1. The summed E-state index contributed by atoms with van der Waals surface area (Å²) in [6, 6.07) is 18.5. The van der Waals surface area contributed by atoms with E-state index >= 15 is 0 Å². The van der Waals surface area contributed by atoms with Gasteiger partial charge in [0.05, 0.1) is 22.7 Å². The summed E-state index contributed by atoms with van der Waals surface area (Å²) in [5, 5.41) is 8.97. The zero-order chi connectivity index (χ0) is 21.7. The first kappa shape index (κ1) is 18.8. The van der Waals surface area contributed by atoms with Crippen LogP contribution in [0.3, 0.4) is 0 Å². The Morgan fingerprint density at radius 2 is 1.74 bits per heavy atom. The van der Waals surface area contributed by atoms with E-state index in [0.717, 1.165) is 22.3 Å². The minimum atomic E-state index is -0.237. The Labute approximate surface area is 178 Å². The molecule has 1 aliphatic rings. The summed E-state index contributed by atoms with van der Waals surface area (Å²) in [4.78, 5) is 25.7. The summed E-state index contributed by atoms with van der Waals surface area (Å²) in [6.07, 6.45) is 1.67. The van der Waals surface area contributed by atoms with Crippen LogP contribution in [0, 0.1) is 18.3 Å². The standard InChI is InChI=1S/C26H18N2O3/c1-3-28-18(11-21-25(29)19-9-4-15(2)10-20(19)26(21)30)12-24-22(28)13-23(31-24)17-7-5-16(14-27)6-8-17/h4-13H,3H2,1-2H3/b21-11-. The van der Waals surface area contributed by atoms with Crippen LogP contribution in [0.1, 0.15) is 44.5 Å². The van der Waals surface area contributed by atoms with Crippen LogP contribution in [0.4, 0.5) is 0 Å². The van der Waals surface area contributed by atoms with Gasteiger partial charge in [-0.2, -0.15) is 5.26 Å². The number of rotatable bonds is 3. The van der Waals surface area contributed by atoms with Crippen molar-refractivity contribution in [3.05, 3.63) is 88.1 Å². The maximum absolute atomic E-state index is 12.9. The van der Waals surface area contributed by atoms with Crippen molar-refractivity contribution in [2.45, 2.75) is 20.4 Å². The maximum Gasteiger partial charge on any atom is 0.197 e. The van der Waals surface area contributed by atoms with Crippen molar-refractivity contribution in [3.8, 4) is 17.4 Å². The van der Waals surface area contributed by atoms with Crippen LogP contribution in [0.2, 0.25) is 0 Å². The van der Waals surface area contributed by atoms with E-state index in [1.54, 1.807) is 30.3 Å². The van der Waals surface area contributed by atoms with E-state index in [1.807, 2.05) is 48.7 Å². The van der Waals surface area contributed by atoms with Crippen molar-refractivity contribution < 1.29 is 14.0 Å². The molecule has 2 aromatic heterocycles. The van der Waals surface area contributed by atoms with Crippen LogP contribution in [-0.2, 0) is 6.54 Å². The maximum atomic E-state index is 12.9. The van der Waals surface area contributed by atoms with Gasteiger partial charge in [0.25, 0.3) is 0 Å². The predicted octanol–water partition coefficient (Wildman–Crippen LogP) is 5.56. The molecule has 2 heterocycles. The molecule has 150 valence electrons. The van der Waals surface area contributed by atoms with Gasteiger partial charge in [0.15, 0.2) is 17.1 Å². The van der Waals surface area contributed by atoms with Crippen molar-refractivity contribution >= 4 is 28.7 Å². The fraction of sp³-hybridized carbons (Fsp3) is 0.115. The van der Waals surface area contributed by atoms with Gasteiger partial charge in [0.2, 0.25) is 0 Å². The van der Waals surface area contributed by atoms with Gasteiger partial charge >= 0.3 is 0 Å². The molecule has 0 amide bonds. The number of fused-ring (bicyclic) bond motifs is 2. The summed E-state index contributed by atoms with van der Waals surface area (Å²) in [5.74, 6) is 0.230. The van der Waals surface area contributed by atoms with Gasteiger partial charge in [-0.05, 0) is 50.3 Å². The second-order valence-electron chi connectivity index (χ2n) is 7.63.